The molecule has 0 bridgehead atoms. The Kier molecular flexibility index (Phi) is 6.68. The molecule has 2 fully saturated rings. The maximum atomic E-state index is 13.3. The van der Waals surface area contributed by atoms with E-state index in [1.807, 2.05) is 32.3 Å². The van der Waals surface area contributed by atoms with Gasteiger partial charge in [-0.3, -0.25) is 4.79 Å². The monoisotopic (exact) mass is 360 g/mol. The number of hydrogen-bond acceptors (Lipinski definition) is 4. The molecule has 0 radical (unpaired) electrons. The van der Waals surface area contributed by atoms with Crippen molar-refractivity contribution in [1.82, 2.24) is 10.2 Å². The molecule has 26 heavy (non-hydrogen) atoms. The zero-order valence-corrected chi connectivity index (χ0v) is 16.1. The van der Waals surface area contributed by atoms with E-state index in [-0.39, 0.29) is 23.5 Å². The van der Waals surface area contributed by atoms with E-state index in [0.717, 1.165) is 44.2 Å². The van der Waals surface area contributed by atoms with Gasteiger partial charge in [-0.1, -0.05) is 43.2 Å². The van der Waals surface area contributed by atoms with Crippen molar-refractivity contribution in [2.75, 3.05) is 40.5 Å². The Morgan fingerprint density at radius 1 is 1.27 bits per heavy atom. The third-order valence-corrected chi connectivity index (χ3v) is 5.71. The summed E-state index contributed by atoms with van der Waals surface area (Å²) in [6.07, 6.45) is 4.82. The van der Waals surface area contributed by atoms with Crippen molar-refractivity contribution in [2.24, 2.45) is 0 Å². The molecule has 0 aromatic heterocycles. The van der Waals surface area contributed by atoms with Gasteiger partial charge in [0.1, 0.15) is 6.10 Å². The van der Waals surface area contributed by atoms with Gasteiger partial charge in [-0.2, -0.15) is 0 Å². The normalized spacial score (nSPS) is 25.3. The van der Waals surface area contributed by atoms with E-state index in [4.69, 9.17) is 9.47 Å². The molecular weight excluding hydrogens is 328 g/mol. The first kappa shape index (κ1) is 19.3. The van der Waals surface area contributed by atoms with Gasteiger partial charge in [0, 0.05) is 13.2 Å². The lowest BCUT2D eigenvalue weighted by Gasteiger charge is -2.36. The van der Waals surface area contributed by atoms with Gasteiger partial charge in [0.05, 0.1) is 24.7 Å². The molecule has 144 valence electrons. The predicted octanol–water partition coefficient (Wildman–Crippen LogP) is 2.35. The van der Waals surface area contributed by atoms with Crippen LogP contribution in [0.1, 0.15) is 37.7 Å². The summed E-state index contributed by atoms with van der Waals surface area (Å²) in [5, 5.41) is 3.33. The van der Waals surface area contributed by atoms with E-state index in [0.29, 0.717) is 19.8 Å². The Morgan fingerprint density at radius 3 is 2.69 bits per heavy atom. The maximum absolute atomic E-state index is 13.3. The van der Waals surface area contributed by atoms with Crippen molar-refractivity contribution in [2.45, 2.75) is 49.7 Å². The number of hydrogen-bond donors (Lipinski definition) is 1. The average Bonchev–Trinajstić information content (AvgIpc) is 3.15. The number of benzene rings is 1. The molecule has 1 saturated heterocycles. The van der Waals surface area contributed by atoms with E-state index in [1.165, 1.54) is 0 Å². The minimum absolute atomic E-state index is 0.0274. The lowest BCUT2D eigenvalue weighted by molar-refractivity contribution is -0.131. The first-order valence-corrected chi connectivity index (χ1v) is 9.82. The van der Waals surface area contributed by atoms with Crippen LogP contribution in [0.5, 0.6) is 0 Å². The quantitative estimate of drug-likeness (QED) is 0.811. The topological polar surface area (TPSA) is 50.8 Å². The maximum Gasteiger partial charge on any atom is 0.230 e. The number of amides is 1. The largest absolute Gasteiger partial charge is 0.379 e. The SMILES string of the molecule is CN(C)CCO[C@@H]1COCC[C@H]1NC(=O)C1(c2ccccc2)CCCC1. The Morgan fingerprint density at radius 2 is 2.00 bits per heavy atom. The van der Waals surface area contributed by atoms with Crippen LogP contribution in [0.25, 0.3) is 0 Å². The van der Waals surface area contributed by atoms with Crippen LogP contribution in [-0.4, -0.2) is 63.4 Å². The third-order valence-electron chi connectivity index (χ3n) is 5.71. The van der Waals surface area contributed by atoms with Crippen LogP contribution in [-0.2, 0) is 19.7 Å². The van der Waals surface area contributed by atoms with Gasteiger partial charge in [-0.05, 0) is 38.9 Å². The molecule has 1 amide bonds. The summed E-state index contributed by atoms with van der Waals surface area (Å²) in [5.74, 6) is 0.161. The number of nitrogens with zero attached hydrogens (tertiary/aromatic N) is 1. The molecule has 1 heterocycles. The van der Waals surface area contributed by atoms with E-state index < -0.39 is 0 Å². The fourth-order valence-electron chi connectivity index (χ4n) is 4.12. The minimum atomic E-state index is -0.381. The highest BCUT2D eigenvalue weighted by molar-refractivity contribution is 5.88. The summed E-state index contributed by atoms with van der Waals surface area (Å²) < 4.78 is 11.6. The molecule has 3 rings (SSSR count). The number of carbonyl (C=O) groups is 1. The van der Waals surface area contributed by atoms with E-state index in [9.17, 15) is 4.79 Å². The van der Waals surface area contributed by atoms with Crippen LogP contribution in [0, 0.1) is 0 Å². The van der Waals surface area contributed by atoms with Gasteiger partial charge in [0.15, 0.2) is 0 Å². The first-order chi connectivity index (χ1) is 12.6. The molecule has 5 nitrogen and oxygen atoms in total. The number of ether oxygens (including phenoxy) is 2. The average molecular weight is 360 g/mol. The van der Waals surface area contributed by atoms with Gasteiger partial charge < -0.3 is 19.7 Å². The molecular formula is C21H32N2O3. The van der Waals surface area contributed by atoms with Crippen LogP contribution in [0.4, 0.5) is 0 Å². The van der Waals surface area contributed by atoms with Crippen LogP contribution in [0.15, 0.2) is 30.3 Å². The Balaban J connectivity index is 1.67. The third kappa shape index (κ3) is 4.45. The van der Waals surface area contributed by atoms with Crippen molar-refractivity contribution in [3.63, 3.8) is 0 Å². The molecule has 2 atom stereocenters. The van der Waals surface area contributed by atoms with Gasteiger partial charge in [-0.15, -0.1) is 0 Å². The van der Waals surface area contributed by atoms with Crippen molar-refractivity contribution >= 4 is 5.91 Å². The van der Waals surface area contributed by atoms with Crippen molar-refractivity contribution < 1.29 is 14.3 Å². The molecule has 5 heteroatoms. The molecule has 2 aliphatic rings. The minimum Gasteiger partial charge on any atom is -0.379 e. The lowest BCUT2D eigenvalue weighted by Crippen LogP contribution is -2.54. The summed E-state index contributed by atoms with van der Waals surface area (Å²) in [5.41, 5.74) is 0.764. The zero-order valence-electron chi connectivity index (χ0n) is 16.1. The van der Waals surface area contributed by atoms with Gasteiger partial charge in [-0.25, -0.2) is 0 Å². The highest BCUT2D eigenvalue weighted by Crippen LogP contribution is 2.41. The first-order valence-electron chi connectivity index (χ1n) is 9.82. The summed E-state index contributed by atoms with van der Waals surface area (Å²) in [6, 6.07) is 10.3. The molecule has 0 spiro atoms. The summed E-state index contributed by atoms with van der Waals surface area (Å²) in [7, 11) is 4.06. The second-order valence-corrected chi connectivity index (χ2v) is 7.81. The Labute approximate surface area is 157 Å². The Hall–Kier alpha value is -1.43. The second kappa shape index (κ2) is 8.98. The Bertz CT molecular complexity index is 570. The predicted molar refractivity (Wildman–Crippen MR) is 102 cm³/mol. The number of likely N-dealkylation sites (N-methyl/N-ethyl adjacent to an activating group) is 1. The van der Waals surface area contributed by atoms with Crippen LogP contribution in [0.3, 0.4) is 0 Å². The fraction of sp³-hybridized carbons (Fsp3) is 0.667. The van der Waals surface area contributed by atoms with Crippen molar-refractivity contribution in [3.05, 3.63) is 35.9 Å². The number of rotatable bonds is 7. The van der Waals surface area contributed by atoms with Crippen molar-refractivity contribution in [1.29, 1.82) is 0 Å². The summed E-state index contributed by atoms with van der Waals surface area (Å²) in [6.45, 7) is 2.75. The highest BCUT2D eigenvalue weighted by atomic mass is 16.5. The van der Waals surface area contributed by atoms with Gasteiger partial charge in [0.25, 0.3) is 0 Å². The number of nitrogens with one attached hydrogen (secondary N) is 1. The molecule has 1 N–H and O–H groups in total. The second-order valence-electron chi connectivity index (χ2n) is 7.81. The lowest BCUT2D eigenvalue weighted by atomic mass is 9.77. The zero-order chi connectivity index (χ0) is 18.4. The molecule has 1 aromatic carbocycles. The van der Waals surface area contributed by atoms with Crippen LogP contribution in [0.2, 0.25) is 0 Å². The summed E-state index contributed by atoms with van der Waals surface area (Å²) >= 11 is 0. The van der Waals surface area contributed by atoms with E-state index in [1.54, 1.807) is 0 Å². The summed E-state index contributed by atoms with van der Waals surface area (Å²) in [4.78, 5) is 15.4. The molecule has 1 aromatic rings. The van der Waals surface area contributed by atoms with E-state index >= 15 is 0 Å². The smallest absolute Gasteiger partial charge is 0.230 e. The molecule has 1 aliphatic carbocycles. The fourth-order valence-corrected chi connectivity index (χ4v) is 4.12. The molecule has 0 unspecified atom stereocenters. The van der Waals surface area contributed by atoms with Crippen LogP contribution < -0.4 is 5.32 Å². The number of carbonyl (C=O) groups excluding carboxylic acids is 1. The highest BCUT2D eigenvalue weighted by Gasteiger charge is 2.44. The molecule has 1 aliphatic heterocycles. The van der Waals surface area contributed by atoms with Crippen molar-refractivity contribution in [3.8, 4) is 0 Å². The van der Waals surface area contributed by atoms with Crippen LogP contribution >= 0.6 is 0 Å². The van der Waals surface area contributed by atoms with Gasteiger partial charge in [0.2, 0.25) is 5.91 Å². The van der Waals surface area contributed by atoms with Gasteiger partial charge >= 0.3 is 0 Å². The molecule has 1 saturated carbocycles. The standard InChI is InChI=1S/C21H32N2O3/c1-23(2)13-15-26-19-16-25-14-10-18(19)22-20(24)21(11-6-7-12-21)17-8-4-3-5-9-17/h3-5,8-9,18-19H,6-7,10-16H2,1-2H3,(H,22,24)/t18-,19-/m1/s1. The van der Waals surface area contributed by atoms with E-state index in [2.05, 4.69) is 22.3 Å².